The SMILES string of the molecule is CC(CN1CCCC1)NC1CCCCCC1C#N. The van der Waals surface area contributed by atoms with Crippen LogP contribution in [0.2, 0.25) is 0 Å². The predicted octanol–water partition coefficient (Wildman–Crippen LogP) is 2.53. The highest BCUT2D eigenvalue weighted by molar-refractivity contribution is 4.94. The van der Waals surface area contributed by atoms with Crippen LogP contribution in [0.1, 0.15) is 51.9 Å². The fourth-order valence-corrected chi connectivity index (χ4v) is 3.43. The van der Waals surface area contributed by atoms with Crippen molar-refractivity contribution < 1.29 is 0 Å². The van der Waals surface area contributed by atoms with Crippen LogP contribution >= 0.6 is 0 Å². The summed E-state index contributed by atoms with van der Waals surface area (Å²) in [6, 6.07) is 3.46. The number of nitrogens with zero attached hydrogens (tertiary/aromatic N) is 2. The number of rotatable bonds is 4. The molecule has 18 heavy (non-hydrogen) atoms. The van der Waals surface area contributed by atoms with E-state index in [-0.39, 0.29) is 5.92 Å². The van der Waals surface area contributed by atoms with E-state index in [4.69, 9.17) is 0 Å². The van der Waals surface area contributed by atoms with Gasteiger partial charge in [0.05, 0.1) is 12.0 Å². The summed E-state index contributed by atoms with van der Waals surface area (Å²) in [7, 11) is 0. The minimum atomic E-state index is 0.230. The van der Waals surface area contributed by atoms with Gasteiger partial charge >= 0.3 is 0 Å². The second kappa shape index (κ2) is 7.11. The van der Waals surface area contributed by atoms with Crippen molar-refractivity contribution in [2.24, 2.45) is 5.92 Å². The largest absolute Gasteiger partial charge is 0.309 e. The molecular weight excluding hydrogens is 222 g/mol. The van der Waals surface area contributed by atoms with Gasteiger partial charge in [-0.1, -0.05) is 19.3 Å². The Balaban J connectivity index is 1.79. The van der Waals surface area contributed by atoms with Crippen LogP contribution in [-0.2, 0) is 0 Å². The Labute approximate surface area is 112 Å². The first-order valence-corrected chi connectivity index (χ1v) is 7.67. The summed E-state index contributed by atoms with van der Waals surface area (Å²) in [5, 5.41) is 13.0. The van der Waals surface area contributed by atoms with Gasteiger partial charge in [-0.15, -0.1) is 0 Å². The zero-order valence-corrected chi connectivity index (χ0v) is 11.7. The molecule has 0 bridgehead atoms. The van der Waals surface area contributed by atoms with Gasteiger partial charge in [0.15, 0.2) is 0 Å². The fraction of sp³-hybridized carbons (Fsp3) is 0.933. The first-order chi connectivity index (χ1) is 8.79. The number of likely N-dealkylation sites (tertiary alicyclic amines) is 1. The summed E-state index contributed by atoms with van der Waals surface area (Å²) < 4.78 is 0. The van der Waals surface area contributed by atoms with Gasteiger partial charge in [-0.25, -0.2) is 0 Å². The van der Waals surface area contributed by atoms with E-state index in [2.05, 4.69) is 23.2 Å². The molecule has 1 saturated carbocycles. The Morgan fingerprint density at radius 3 is 2.61 bits per heavy atom. The molecule has 1 aliphatic heterocycles. The van der Waals surface area contributed by atoms with Crippen molar-refractivity contribution in [2.75, 3.05) is 19.6 Å². The van der Waals surface area contributed by atoms with Gasteiger partial charge in [0.2, 0.25) is 0 Å². The van der Waals surface area contributed by atoms with Gasteiger partial charge in [-0.2, -0.15) is 5.26 Å². The first kappa shape index (κ1) is 13.8. The molecule has 0 radical (unpaired) electrons. The summed E-state index contributed by atoms with van der Waals surface area (Å²) in [4.78, 5) is 2.55. The molecule has 1 heterocycles. The number of hydrogen-bond donors (Lipinski definition) is 1. The topological polar surface area (TPSA) is 39.1 Å². The maximum Gasteiger partial charge on any atom is 0.0672 e. The summed E-state index contributed by atoms with van der Waals surface area (Å²) in [5.41, 5.74) is 0. The maximum absolute atomic E-state index is 9.28. The molecule has 2 rings (SSSR count). The molecule has 3 unspecified atom stereocenters. The Morgan fingerprint density at radius 1 is 1.17 bits per heavy atom. The summed E-state index contributed by atoms with van der Waals surface area (Å²) in [6.45, 7) is 5.95. The highest BCUT2D eigenvalue weighted by Crippen LogP contribution is 2.23. The smallest absolute Gasteiger partial charge is 0.0672 e. The minimum Gasteiger partial charge on any atom is -0.309 e. The van der Waals surface area contributed by atoms with Gasteiger partial charge < -0.3 is 10.2 Å². The van der Waals surface area contributed by atoms with E-state index in [1.54, 1.807) is 0 Å². The molecule has 1 N–H and O–H groups in total. The average Bonchev–Trinajstić information content (AvgIpc) is 2.75. The van der Waals surface area contributed by atoms with Crippen LogP contribution in [0.25, 0.3) is 0 Å². The molecule has 0 spiro atoms. The highest BCUT2D eigenvalue weighted by Gasteiger charge is 2.25. The summed E-state index contributed by atoms with van der Waals surface area (Å²) in [6.07, 6.45) is 8.81. The van der Waals surface area contributed by atoms with Crippen LogP contribution in [0, 0.1) is 17.2 Å². The van der Waals surface area contributed by atoms with Gasteiger partial charge in [0, 0.05) is 18.6 Å². The van der Waals surface area contributed by atoms with Crippen molar-refractivity contribution >= 4 is 0 Å². The van der Waals surface area contributed by atoms with E-state index in [0.717, 1.165) is 13.0 Å². The molecule has 2 aliphatic rings. The average molecular weight is 249 g/mol. The lowest BCUT2D eigenvalue weighted by atomic mass is 9.95. The zero-order valence-electron chi connectivity index (χ0n) is 11.7. The lowest BCUT2D eigenvalue weighted by Gasteiger charge is -2.28. The lowest BCUT2D eigenvalue weighted by Crippen LogP contribution is -2.45. The molecule has 3 atom stereocenters. The van der Waals surface area contributed by atoms with Crippen LogP contribution in [0.4, 0.5) is 0 Å². The van der Waals surface area contributed by atoms with E-state index in [1.165, 1.54) is 51.6 Å². The minimum absolute atomic E-state index is 0.230. The molecule has 2 fully saturated rings. The molecule has 0 aromatic heterocycles. The maximum atomic E-state index is 9.28. The molecular formula is C15H27N3. The van der Waals surface area contributed by atoms with Crippen molar-refractivity contribution in [1.29, 1.82) is 5.26 Å². The second-order valence-electron chi connectivity index (χ2n) is 6.06. The first-order valence-electron chi connectivity index (χ1n) is 7.67. The van der Waals surface area contributed by atoms with Gasteiger partial charge in [0.1, 0.15) is 0 Å². The lowest BCUT2D eigenvalue weighted by molar-refractivity contribution is 0.268. The van der Waals surface area contributed by atoms with Crippen molar-refractivity contribution in [3.05, 3.63) is 0 Å². The number of hydrogen-bond acceptors (Lipinski definition) is 3. The third-order valence-corrected chi connectivity index (χ3v) is 4.41. The van der Waals surface area contributed by atoms with E-state index in [0.29, 0.717) is 12.1 Å². The van der Waals surface area contributed by atoms with Crippen LogP contribution in [0.15, 0.2) is 0 Å². The summed E-state index contributed by atoms with van der Waals surface area (Å²) in [5.74, 6) is 0.230. The van der Waals surface area contributed by atoms with Crippen molar-refractivity contribution in [3.63, 3.8) is 0 Å². The Morgan fingerprint density at radius 2 is 1.89 bits per heavy atom. The Kier molecular flexibility index (Phi) is 5.46. The summed E-state index contributed by atoms with van der Waals surface area (Å²) >= 11 is 0. The van der Waals surface area contributed by atoms with E-state index in [9.17, 15) is 5.26 Å². The number of nitrogens with one attached hydrogen (secondary N) is 1. The molecule has 3 heteroatoms. The molecule has 1 saturated heterocycles. The van der Waals surface area contributed by atoms with Crippen LogP contribution in [0.3, 0.4) is 0 Å². The third kappa shape index (κ3) is 3.96. The molecule has 0 amide bonds. The third-order valence-electron chi connectivity index (χ3n) is 4.41. The van der Waals surface area contributed by atoms with Crippen molar-refractivity contribution in [3.8, 4) is 6.07 Å². The zero-order chi connectivity index (χ0) is 12.8. The normalized spacial score (nSPS) is 31.8. The van der Waals surface area contributed by atoms with Crippen molar-refractivity contribution in [2.45, 2.75) is 64.0 Å². The van der Waals surface area contributed by atoms with Gasteiger partial charge in [-0.3, -0.25) is 0 Å². The highest BCUT2D eigenvalue weighted by atomic mass is 15.2. The molecule has 0 aromatic carbocycles. The standard InChI is InChI=1S/C15H27N3/c1-13(12-18-9-5-6-10-18)17-15-8-4-2-3-7-14(15)11-16/h13-15,17H,2-10,12H2,1H3. The van der Waals surface area contributed by atoms with E-state index >= 15 is 0 Å². The Hall–Kier alpha value is -0.590. The molecule has 3 nitrogen and oxygen atoms in total. The van der Waals surface area contributed by atoms with Gasteiger partial charge in [0.25, 0.3) is 0 Å². The predicted molar refractivity (Wildman–Crippen MR) is 74.2 cm³/mol. The van der Waals surface area contributed by atoms with E-state index in [1.807, 2.05) is 0 Å². The van der Waals surface area contributed by atoms with E-state index < -0.39 is 0 Å². The second-order valence-corrected chi connectivity index (χ2v) is 6.06. The molecule has 0 aromatic rings. The van der Waals surface area contributed by atoms with Crippen molar-refractivity contribution in [1.82, 2.24) is 10.2 Å². The fourth-order valence-electron chi connectivity index (χ4n) is 3.43. The monoisotopic (exact) mass is 249 g/mol. The molecule has 102 valence electrons. The van der Waals surface area contributed by atoms with Crippen LogP contribution in [-0.4, -0.2) is 36.6 Å². The Bertz CT molecular complexity index is 278. The molecule has 1 aliphatic carbocycles. The van der Waals surface area contributed by atoms with Crippen LogP contribution in [0.5, 0.6) is 0 Å². The number of nitriles is 1. The van der Waals surface area contributed by atoms with Crippen LogP contribution < -0.4 is 5.32 Å². The quantitative estimate of drug-likeness (QED) is 0.778. The van der Waals surface area contributed by atoms with Gasteiger partial charge in [-0.05, 0) is 45.7 Å².